The molecule has 0 fully saturated rings. The van der Waals surface area contributed by atoms with E-state index in [-0.39, 0.29) is 5.91 Å². The summed E-state index contributed by atoms with van der Waals surface area (Å²) in [6.45, 7) is 3.73. The van der Waals surface area contributed by atoms with Gasteiger partial charge in [-0.2, -0.15) is 0 Å². The van der Waals surface area contributed by atoms with Crippen LogP contribution in [0.15, 0.2) is 81.0 Å². The van der Waals surface area contributed by atoms with Crippen molar-refractivity contribution in [3.05, 3.63) is 93.7 Å². The highest BCUT2D eigenvalue weighted by Crippen LogP contribution is 2.38. The Kier molecular flexibility index (Phi) is 6.37. The minimum atomic E-state index is -0.346. The first-order chi connectivity index (χ1) is 14.9. The normalized spacial score (nSPS) is 10.8. The van der Waals surface area contributed by atoms with Gasteiger partial charge in [0.1, 0.15) is 17.0 Å². The molecule has 0 saturated heterocycles. The maximum Gasteiger partial charge on any atom is 0.261 e. The van der Waals surface area contributed by atoms with Crippen molar-refractivity contribution in [3.8, 4) is 11.3 Å². The van der Waals surface area contributed by atoms with Crippen LogP contribution in [0, 0.1) is 13.8 Å². The van der Waals surface area contributed by atoms with E-state index in [1.54, 1.807) is 36.9 Å². The predicted octanol–water partition coefficient (Wildman–Crippen LogP) is 7.67. The van der Waals surface area contributed by atoms with Gasteiger partial charge in [0.15, 0.2) is 0 Å². The van der Waals surface area contributed by atoms with Gasteiger partial charge in [-0.1, -0.05) is 76.0 Å². The van der Waals surface area contributed by atoms with Crippen molar-refractivity contribution in [1.82, 2.24) is 5.16 Å². The highest BCUT2D eigenvalue weighted by atomic mass is 35.5. The molecular formula is C24H18Cl2N2O2S. The largest absolute Gasteiger partial charge is 0.360 e. The number of carbonyl (C=O) groups excluding carboxylic acids is 1. The molecule has 0 atom stereocenters. The summed E-state index contributed by atoms with van der Waals surface area (Å²) in [5, 5.41) is 7.83. The molecule has 4 aromatic rings. The fourth-order valence-electron chi connectivity index (χ4n) is 3.11. The highest BCUT2D eigenvalue weighted by Gasteiger charge is 2.25. The second-order valence-electron chi connectivity index (χ2n) is 6.92. The van der Waals surface area contributed by atoms with Gasteiger partial charge >= 0.3 is 0 Å². The quantitative estimate of drug-likeness (QED) is 0.326. The van der Waals surface area contributed by atoms with E-state index < -0.39 is 0 Å². The third-order valence-corrected chi connectivity index (χ3v) is 6.39. The van der Waals surface area contributed by atoms with Gasteiger partial charge in [0, 0.05) is 15.4 Å². The maximum absolute atomic E-state index is 13.3. The fraction of sp³-hybridized carbons (Fsp3) is 0.0833. The summed E-state index contributed by atoms with van der Waals surface area (Å²) >= 11 is 14.2. The second kappa shape index (κ2) is 9.18. The van der Waals surface area contributed by atoms with Crippen molar-refractivity contribution in [3.63, 3.8) is 0 Å². The minimum absolute atomic E-state index is 0.296. The van der Waals surface area contributed by atoms with Gasteiger partial charge in [0.25, 0.3) is 5.91 Å². The van der Waals surface area contributed by atoms with Gasteiger partial charge in [-0.15, -0.1) is 0 Å². The van der Waals surface area contributed by atoms with Gasteiger partial charge in [0.2, 0.25) is 0 Å². The van der Waals surface area contributed by atoms with Crippen molar-refractivity contribution in [1.29, 1.82) is 0 Å². The van der Waals surface area contributed by atoms with Crippen LogP contribution in [0.4, 0.5) is 5.69 Å². The first-order valence-corrected chi connectivity index (χ1v) is 11.1. The zero-order chi connectivity index (χ0) is 22.0. The molecule has 1 aromatic heterocycles. The van der Waals surface area contributed by atoms with Crippen molar-refractivity contribution in [2.24, 2.45) is 0 Å². The number of benzene rings is 3. The second-order valence-corrected chi connectivity index (χ2v) is 8.85. The summed E-state index contributed by atoms with van der Waals surface area (Å²) < 4.78 is 5.32. The summed E-state index contributed by atoms with van der Waals surface area (Å²) in [6, 6.07) is 21.0. The summed E-state index contributed by atoms with van der Waals surface area (Å²) in [7, 11) is 0. The number of nitrogens with zero attached hydrogens (tertiary/aromatic N) is 1. The van der Waals surface area contributed by atoms with Crippen molar-refractivity contribution >= 4 is 46.6 Å². The Hall–Kier alpha value is -2.73. The highest BCUT2D eigenvalue weighted by molar-refractivity contribution is 7.99. The molecule has 0 radical (unpaired) electrons. The van der Waals surface area contributed by atoms with Crippen LogP contribution >= 0.6 is 35.0 Å². The molecule has 0 spiro atoms. The van der Waals surface area contributed by atoms with Gasteiger partial charge in [-0.25, -0.2) is 0 Å². The summed E-state index contributed by atoms with van der Waals surface area (Å²) in [6.07, 6.45) is 0. The third kappa shape index (κ3) is 4.64. The molecular weight excluding hydrogens is 451 g/mol. The lowest BCUT2D eigenvalue weighted by atomic mass is 10.1. The van der Waals surface area contributed by atoms with E-state index in [4.69, 9.17) is 27.7 Å². The molecule has 156 valence electrons. The zero-order valence-corrected chi connectivity index (χ0v) is 19.1. The molecule has 1 heterocycles. The molecule has 0 bridgehead atoms. The number of hydrogen-bond donors (Lipinski definition) is 1. The smallest absolute Gasteiger partial charge is 0.261 e. The number of hydrogen-bond acceptors (Lipinski definition) is 4. The van der Waals surface area contributed by atoms with Crippen LogP contribution in [-0.2, 0) is 0 Å². The molecule has 4 nitrogen and oxygen atoms in total. The first-order valence-electron chi connectivity index (χ1n) is 9.49. The molecule has 31 heavy (non-hydrogen) atoms. The van der Waals surface area contributed by atoms with Crippen LogP contribution in [0.25, 0.3) is 11.3 Å². The Labute approximate surface area is 194 Å². The first kappa shape index (κ1) is 21.5. The van der Waals surface area contributed by atoms with E-state index in [1.807, 2.05) is 31.2 Å². The standard InChI is InChI=1S/C24H18Cl2N2O2S/c1-14-10-12-16(13-11-14)31-20-9-4-3-8-19(20)27-24(29)21-15(2)30-28-23(21)22-17(25)6-5-7-18(22)26/h3-13H,1-2H3,(H,27,29). The van der Waals surface area contributed by atoms with Crippen LogP contribution < -0.4 is 5.32 Å². The maximum atomic E-state index is 13.3. The van der Waals surface area contributed by atoms with Crippen LogP contribution in [-0.4, -0.2) is 11.1 Å². The minimum Gasteiger partial charge on any atom is -0.360 e. The Morgan fingerprint density at radius 3 is 2.32 bits per heavy atom. The Morgan fingerprint density at radius 1 is 0.935 bits per heavy atom. The number of aryl methyl sites for hydroxylation is 2. The topological polar surface area (TPSA) is 55.1 Å². The van der Waals surface area contributed by atoms with Crippen molar-refractivity contribution in [2.45, 2.75) is 23.6 Å². The Balaban J connectivity index is 1.66. The molecule has 1 amide bonds. The Bertz CT molecular complexity index is 1230. The zero-order valence-electron chi connectivity index (χ0n) is 16.8. The lowest BCUT2D eigenvalue weighted by molar-refractivity contribution is 0.102. The van der Waals surface area contributed by atoms with E-state index in [0.29, 0.717) is 38.3 Å². The predicted molar refractivity (Wildman–Crippen MR) is 126 cm³/mol. The molecule has 0 saturated carbocycles. The fourth-order valence-corrected chi connectivity index (χ4v) is 4.59. The molecule has 4 rings (SSSR count). The van der Waals surface area contributed by atoms with E-state index in [0.717, 1.165) is 9.79 Å². The van der Waals surface area contributed by atoms with Crippen LogP contribution in [0.2, 0.25) is 10.0 Å². The van der Waals surface area contributed by atoms with Crippen LogP contribution in [0.1, 0.15) is 21.7 Å². The van der Waals surface area contributed by atoms with E-state index in [9.17, 15) is 4.79 Å². The van der Waals surface area contributed by atoms with E-state index in [2.05, 4.69) is 34.7 Å². The number of carbonyl (C=O) groups is 1. The molecule has 0 aliphatic rings. The summed E-state index contributed by atoms with van der Waals surface area (Å²) in [4.78, 5) is 15.3. The number of anilines is 1. The van der Waals surface area contributed by atoms with E-state index >= 15 is 0 Å². The number of amides is 1. The molecule has 7 heteroatoms. The van der Waals surface area contributed by atoms with Crippen LogP contribution in [0.3, 0.4) is 0 Å². The summed E-state index contributed by atoms with van der Waals surface area (Å²) in [5.41, 5.74) is 2.96. The van der Waals surface area contributed by atoms with Crippen molar-refractivity contribution < 1.29 is 9.32 Å². The van der Waals surface area contributed by atoms with Crippen molar-refractivity contribution in [2.75, 3.05) is 5.32 Å². The number of rotatable bonds is 5. The van der Waals surface area contributed by atoms with Gasteiger partial charge in [-0.05, 0) is 50.2 Å². The SMILES string of the molecule is Cc1ccc(Sc2ccccc2NC(=O)c2c(-c3c(Cl)cccc3Cl)noc2C)cc1. The van der Waals surface area contributed by atoms with Gasteiger partial charge in [-0.3, -0.25) is 4.79 Å². The molecule has 3 aromatic carbocycles. The van der Waals surface area contributed by atoms with Gasteiger partial charge < -0.3 is 9.84 Å². The van der Waals surface area contributed by atoms with Gasteiger partial charge in [0.05, 0.1) is 15.7 Å². The molecule has 0 unspecified atom stereocenters. The van der Waals surface area contributed by atoms with E-state index in [1.165, 1.54) is 5.56 Å². The third-order valence-electron chi connectivity index (χ3n) is 4.67. The van der Waals surface area contributed by atoms with Crippen LogP contribution in [0.5, 0.6) is 0 Å². The molecule has 1 N–H and O–H groups in total. The number of halogens is 2. The number of aromatic nitrogens is 1. The lowest BCUT2D eigenvalue weighted by Gasteiger charge is -2.12. The number of para-hydroxylation sites is 1. The molecule has 0 aliphatic heterocycles. The number of nitrogens with one attached hydrogen (secondary N) is 1. The monoisotopic (exact) mass is 468 g/mol. The average molecular weight is 469 g/mol. The lowest BCUT2D eigenvalue weighted by Crippen LogP contribution is -2.14. The molecule has 0 aliphatic carbocycles. The average Bonchev–Trinajstić information content (AvgIpc) is 3.12. The summed E-state index contributed by atoms with van der Waals surface area (Å²) in [5.74, 6) is 0.0360. The Morgan fingerprint density at radius 2 is 1.61 bits per heavy atom.